The average Bonchev–Trinajstić information content (AvgIpc) is 2.44. The Kier molecular flexibility index (Phi) is 2.42. The van der Waals surface area contributed by atoms with Crippen molar-refractivity contribution >= 4 is 5.65 Å². The monoisotopic (exact) mass is 219 g/mol. The van der Waals surface area contributed by atoms with E-state index in [1.54, 1.807) is 0 Å². The maximum absolute atomic E-state index is 6.00. The van der Waals surface area contributed by atoms with Crippen LogP contribution in [0, 0.1) is 13.8 Å². The van der Waals surface area contributed by atoms with Crippen LogP contribution in [0.5, 0.6) is 0 Å². The minimum atomic E-state index is -0.291. The summed E-state index contributed by atoms with van der Waals surface area (Å²) in [5.41, 5.74) is 7.50. The fraction of sp³-hybridized carbons (Fsp3) is 0.545. The predicted molar refractivity (Wildman–Crippen MR) is 62.2 cm³/mol. The van der Waals surface area contributed by atoms with Crippen LogP contribution in [0.4, 0.5) is 0 Å². The van der Waals surface area contributed by atoms with Gasteiger partial charge in [-0.3, -0.25) is 4.40 Å². The van der Waals surface area contributed by atoms with Crippen molar-refractivity contribution < 1.29 is 0 Å². The lowest BCUT2D eigenvalue weighted by atomic mass is 10.0. The summed E-state index contributed by atoms with van der Waals surface area (Å²) in [7, 11) is 0. The Morgan fingerprint density at radius 2 is 2.00 bits per heavy atom. The first-order valence-electron chi connectivity index (χ1n) is 5.34. The van der Waals surface area contributed by atoms with Crippen LogP contribution in [0.25, 0.3) is 5.65 Å². The molecule has 0 unspecified atom stereocenters. The third kappa shape index (κ3) is 2.04. The Morgan fingerprint density at radius 1 is 1.31 bits per heavy atom. The van der Waals surface area contributed by atoms with Gasteiger partial charge in [0.1, 0.15) is 11.6 Å². The fourth-order valence-corrected chi connectivity index (χ4v) is 1.82. The molecule has 0 fully saturated rings. The second-order valence-corrected chi connectivity index (χ2v) is 4.92. The first kappa shape index (κ1) is 11.0. The summed E-state index contributed by atoms with van der Waals surface area (Å²) >= 11 is 0. The maximum Gasteiger partial charge on any atom is 0.164 e. The van der Waals surface area contributed by atoms with E-state index in [1.165, 1.54) is 0 Å². The van der Waals surface area contributed by atoms with E-state index in [0.29, 0.717) is 6.42 Å². The molecule has 0 saturated heterocycles. The minimum Gasteiger partial charge on any atom is -0.325 e. The van der Waals surface area contributed by atoms with Crippen LogP contribution in [-0.4, -0.2) is 25.1 Å². The van der Waals surface area contributed by atoms with E-state index >= 15 is 0 Å². The molecule has 86 valence electrons. The number of fused-ring (bicyclic) bond motifs is 1. The molecular weight excluding hydrogens is 202 g/mol. The first-order valence-corrected chi connectivity index (χ1v) is 5.34. The van der Waals surface area contributed by atoms with Gasteiger partial charge in [-0.05, 0) is 27.7 Å². The zero-order valence-electron chi connectivity index (χ0n) is 10.2. The number of aromatic nitrogens is 4. The van der Waals surface area contributed by atoms with Crippen molar-refractivity contribution in [1.82, 2.24) is 19.6 Å². The third-order valence-electron chi connectivity index (χ3n) is 2.37. The highest BCUT2D eigenvalue weighted by atomic mass is 15.3. The predicted octanol–water partition coefficient (Wildman–Crippen LogP) is 1.02. The molecule has 2 aromatic heterocycles. The Morgan fingerprint density at radius 3 is 2.62 bits per heavy atom. The Hall–Kier alpha value is -1.49. The Labute approximate surface area is 94.7 Å². The molecule has 0 aliphatic carbocycles. The SMILES string of the molecule is Cc1cc2nnc(CC(C)(C)N)n2c(C)n1. The summed E-state index contributed by atoms with van der Waals surface area (Å²) in [5, 5.41) is 8.32. The lowest BCUT2D eigenvalue weighted by Crippen LogP contribution is -2.35. The van der Waals surface area contributed by atoms with Gasteiger partial charge in [-0.25, -0.2) is 4.98 Å². The van der Waals surface area contributed by atoms with E-state index in [4.69, 9.17) is 5.73 Å². The van der Waals surface area contributed by atoms with Gasteiger partial charge in [0.05, 0.1) is 0 Å². The average molecular weight is 219 g/mol. The highest BCUT2D eigenvalue weighted by molar-refractivity contribution is 5.40. The second-order valence-electron chi connectivity index (χ2n) is 4.92. The molecule has 0 radical (unpaired) electrons. The van der Waals surface area contributed by atoms with Crippen molar-refractivity contribution in [1.29, 1.82) is 0 Å². The standard InChI is InChI=1S/C11H17N5/c1-7-5-9-14-15-10(6-11(3,4)12)16(9)8(2)13-7/h5H,6,12H2,1-4H3. The molecule has 0 saturated carbocycles. The van der Waals surface area contributed by atoms with Gasteiger partial charge in [0.25, 0.3) is 0 Å². The molecule has 2 heterocycles. The number of hydrogen-bond donors (Lipinski definition) is 1. The van der Waals surface area contributed by atoms with Crippen molar-refractivity contribution in [2.75, 3.05) is 0 Å². The molecule has 0 amide bonds. The number of rotatable bonds is 2. The van der Waals surface area contributed by atoms with Gasteiger partial charge in [-0.2, -0.15) is 0 Å². The zero-order chi connectivity index (χ0) is 11.9. The largest absolute Gasteiger partial charge is 0.325 e. The van der Waals surface area contributed by atoms with Gasteiger partial charge in [0, 0.05) is 23.7 Å². The molecule has 16 heavy (non-hydrogen) atoms. The molecule has 2 aromatic rings. The molecule has 0 aromatic carbocycles. The van der Waals surface area contributed by atoms with E-state index in [2.05, 4.69) is 15.2 Å². The molecule has 5 nitrogen and oxygen atoms in total. The van der Waals surface area contributed by atoms with Crippen molar-refractivity contribution in [2.45, 2.75) is 39.7 Å². The third-order valence-corrected chi connectivity index (χ3v) is 2.37. The Bertz CT molecular complexity index is 521. The van der Waals surface area contributed by atoms with Gasteiger partial charge >= 0.3 is 0 Å². The second kappa shape index (κ2) is 3.52. The van der Waals surface area contributed by atoms with Crippen LogP contribution in [0.3, 0.4) is 0 Å². The van der Waals surface area contributed by atoms with E-state index in [1.807, 2.05) is 38.2 Å². The molecule has 2 rings (SSSR count). The van der Waals surface area contributed by atoms with E-state index in [0.717, 1.165) is 23.0 Å². The molecule has 2 N–H and O–H groups in total. The van der Waals surface area contributed by atoms with Crippen molar-refractivity contribution in [3.8, 4) is 0 Å². The molecular formula is C11H17N5. The van der Waals surface area contributed by atoms with E-state index in [9.17, 15) is 0 Å². The summed E-state index contributed by atoms with van der Waals surface area (Å²) in [6.07, 6.45) is 0.680. The van der Waals surface area contributed by atoms with Crippen LogP contribution >= 0.6 is 0 Å². The van der Waals surface area contributed by atoms with Crippen molar-refractivity contribution in [3.63, 3.8) is 0 Å². The topological polar surface area (TPSA) is 69.1 Å². The van der Waals surface area contributed by atoms with Crippen LogP contribution in [0.15, 0.2) is 6.07 Å². The van der Waals surface area contributed by atoms with Crippen LogP contribution in [0.1, 0.15) is 31.2 Å². The molecule has 0 bridgehead atoms. The number of nitrogens with zero attached hydrogens (tertiary/aromatic N) is 4. The summed E-state index contributed by atoms with van der Waals surface area (Å²) < 4.78 is 1.96. The Balaban J connectivity index is 2.56. The van der Waals surface area contributed by atoms with Crippen LogP contribution in [0.2, 0.25) is 0 Å². The molecule has 5 heteroatoms. The summed E-state index contributed by atoms with van der Waals surface area (Å²) in [6, 6.07) is 1.92. The van der Waals surface area contributed by atoms with Crippen molar-refractivity contribution in [2.24, 2.45) is 5.73 Å². The van der Waals surface area contributed by atoms with Gasteiger partial charge in [-0.1, -0.05) is 0 Å². The van der Waals surface area contributed by atoms with Gasteiger partial charge in [0.2, 0.25) is 0 Å². The summed E-state index contributed by atoms with van der Waals surface area (Å²) in [5.74, 6) is 1.77. The zero-order valence-corrected chi connectivity index (χ0v) is 10.2. The van der Waals surface area contributed by atoms with E-state index < -0.39 is 0 Å². The number of hydrogen-bond acceptors (Lipinski definition) is 4. The summed E-state index contributed by atoms with van der Waals surface area (Å²) in [6.45, 7) is 7.86. The molecule has 0 spiro atoms. The minimum absolute atomic E-state index is 0.291. The van der Waals surface area contributed by atoms with Crippen LogP contribution < -0.4 is 5.73 Å². The molecule has 0 aliphatic rings. The van der Waals surface area contributed by atoms with Gasteiger partial charge in [0.15, 0.2) is 5.65 Å². The van der Waals surface area contributed by atoms with Crippen LogP contribution in [-0.2, 0) is 6.42 Å². The quantitative estimate of drug-likeness (QED) is 0.818. The van der Waals surface area contributed by atoms with Gasteiger partial charge < -0.3 is 5.73 Å². The molecule has 0 atom stereocenters. The summed E-state index contributed by atoms with van der Waals surface area (Å²) in [4.78, 5) is 4.41. The molecule has 0 aliphatic heterocycles. The number of aryl methyl sites for hydroxylation is 2. The number of nitrogens with two attached hydrogens (primary N) is 1. The smallest absolute Gasteiger partial charge is 0.164 e. The van der Waals surface area contributed by atoms with Gasteiger partial charge in [-0.15, -0.1) is 10.2 Å². The fourth-order valence-electron chi connectivity index (χ4n) is 1.82. The van der Waals surface area contributed by atoms with E-state index in [-0.39, 0.29) is 5.54 Å². The highest BCUT2D eigenvalue weighted by Gasteiger charge is 2.17. The normalized spacial score (nSPS) is 12.3. The maximum atomic E-state index is 6.00. The first-order chi connectivity index (χ1) is 7.37. The van der Waals surface area contributed by atoms with Crippen molar-refractivity contribution in [3.05, 3.63) is 23.4 Å². The lowest BCUT2D eigenvalue weighted by molar-refractivity contribution is 0.498. The lowest BCUT2D eigenvalue weighted by Gasteiger charge is -2.16. The highest BCUT2D eigenvalue weighted by Crippen LogP contribution is 2.12.